The molecule has 0 bridgehead atoms. The highest BCUT2D eigenvalue weighted by Crippen LogP contribution is 2.30. The Bertz CT molecular complexity index is 435. The fourth-order valence-corrected chi connectivity index (χ4v) is 3.23. The maximum absolute atomic E-state index is 5.11. The minimum atomic E-state index is 0.748. The number of ether oxygens (including phenoxy) is 1. The van der Waals surface area contributed by atoms with E-state index in [0.717, 1.165) is 30.1 Å². The number of nitrogens with one attached hydrogen (secondary N) is 1. The highest BCUT2D eigenvalue weighted by molar-refractivity contribution is 9.10. The number of halogens is 1. The van der Waals surface area contributed by atoms with Gasteiger partial charge in [0, 0.05) is 24.7 Å². The lowest BCUT2D eigenvalue weighted by atomic mass is 9.83. The normalized spacial score (nSPS) is 17.1. The summed E-state index contributed by atoms with van der Waals surface area (Å²) in [5.41, 5.74) is 2.85. The van der Waals surface area contributed by atoms with E-state index in [4.69, 9.17) is 4.74 Å². The van der Waals surface area contributed by atoms with E-state index in [1.807, 2.05) is 0 Å². The molecular weight excluding hydrogens is 326 g/mol. The third kappa shape index (κ3) is 5.93. The van der Waals surface area contributed by atoms with Gasteiger partial charge in [-0.05, 0) is 36.5 Å². The first-order chi connectivity index (χ1) is 10.3. The number of benzene rings is 1. The summed E-state index contributed by atoms with van der Waals surface area (Å²) >= 11 is 3.50. The second-order valence-electron chi connectivity index (χ2n) is 5.78. The van der Waals surface area contributed by atoms with Gasteiger partial charge < -0.3 is 10.1 Å². The van der Waals surface area contributed by atoms with Gasteiger partial charge in [-0.25, -0.2) is 0 Å². The van der Waals surface area contributed by atoms with Crippen molar-refractivity contribution in [1.29, 1.82) is 0 Å². The number of methoxy groups -OCH3 is 1. The van der Waals surface area contributed by atoms with Gasteiger partial charge in [-0.2, -0.15) is 0 Å². The molecule has 0 heterocycles. The largest absolute Gasteiger partial charge is 0.383 e. The Labute approximate surface area is 137 Å². The topological polar surface area (TPSA) is 21.3 Å². The Morgan fingerprint density at radius 2 is 1.95 bits per heavy atom. The molecule has 21 heavy (non-hydrogen) atoms. The molecular formula is C18H26BrNO. The molecule has 1 fully saturated rings. The van der Waals surface area contributed by atoms with Gasteiger partial charge in [0.15, 0.2) is 0 Å². The molecule has 0 radical (unpaired) electrons. The van der Waals surface area contributed by atoms with Gasteiger partial charge in [0.2, 0.25) is 0 Å². The van der Waals surface area contributed by atoms with E-state index in [1.165, 1.54) is 37.7 Å². The van der Waals surface area contributed by atoms with Gasteiger partial charge in [-0.1, -0.05) is 59.0 Å². The second kappa shape index (κ2) is 9.39. The fourth-order valence-electron chi connectivity index (χ4n) is 2.97. The van der Waals surface area contributed by atoms with Crippen LogP contribution in [0.2, 0.25) is 0 Å². The summed E-state index contributed by atoms with van der Waals surface area (Å²) in [5, 5.41) is 3.51. The molecule has 0 saturated heterocycles. The molecule has 1 aliphatic carbocycles. The summed E-state index contributed by atoms with van der Waals surface area (Å²) in [6, 6.07) is 8.59. The molecule has 0 amide bonds. The summed E-state index contributed by atoms with van der Waals surface area (Å²) in [6.45, 7) is 2.67. The summed E-state index contributed by atoms with van der Waals surface area (Å²) in [7, 11) is 1.75. The molecule has 0 spiro atoms. The molecule has 1 aromatic carbocycles. The first-order valence-corrected chi connectivity index (χ1v) is 8.74. The van der Waals surface area contributed by atoms with Crippen LogP contribution in [0.1, 0.15) is 37.7 Å². The molecule has 2 nitrogen and oxygen atoms in total. The maximum atomic E-state index is 5.11. The Hall–Kier alpha value is -0.640. The first kappa shape index (κ1) is 16.7. The lowest BCUT2D eigenvalue weighted by Gasteiger charge is -2.25. The number of hydrogen-bond donors (Lipinski definition) is 1. The van der Waals surface area contributed by atoms with Crippen LogP contribution in [0.3, 0.4) is 0 Å². The van der Waals surface area contributed by atoms with Crippen molar-refractivity contribution in [2.45, 2.75) is 32.1 Å². The standard InChI is InChI=1S/C18H26BrNO/c1-21-12-11-20-14-17(16-5-3-2-4-6-16)13-15-7-9-18(19)10-8-15/h7-10,13,16,20H,2-6,11-12,14H2,1H3/b17-13-. The van der Waals surface area contributed by atoms with Gasteiger partial charge in [0.1, 0.15) is 0 Å². The molecule has 1 aliphatic rings. The summed E-state index contributed by atoms with van der Waals surface area (Å²) in [5.74, 6) is 0.748. The van der Waals surface area contributed by atoms with Crippen LogP contribution in [0, 0.1) is 5.92 Å². The van der Waals surface area contributed by atoms with E-state index in [0.29, 0.717) is 0 Å². The van der Waals surface area contributed by atoms with Crippen molar-refractivity contribution in [2.24, 2.45) is 5.92 Å². The van der Waals surface area contributed by atoms with Gasteiger partial charge in [0.05, 0.1) is 6.61 Å². The van der Waals surface area contributed by atoms with E-state index in [9.17, 15) is 0 Å². The highest BCUT2D eigenvalue weighted by atomic mass is 79.9. The molecule has 1 saturated carbocycles. The SMILES string of the molecule is COCCNC/C(=C/c1ccc(Br)cc1)C1CCCCC1. The first-order valence-electron chi connectivity index (χ1n) is 7.95. The van der Waals surface area contributed by atoms with Gasteiger partial charge in [-0.15, -0.1) is 0 Å². The predicted molar refractivity (Wildman–Crippen MR) is 93.4 cm³/mol. The molecule has 3 heteroatoms. The third-order valence-electron chi connectivity index (χ3n) is 4.16. The summed E-state index contributed by atoms with van der Waals surface area (Å²) in [4.78, 5) is 0. The minimum Gasteiger partial charge on any atom is -0.383 e. The van der Waals surface area contributed by atoms with E-state index < -0.39 is 0 Å². The maximum Gasteiger partial charge on any atom is 0.0587 e. The van der Waals surface area contributed by atoms with E-state index in [1.54, 1.807) is 12.7 Å². The Kier molecular flexibility index (Phi) is 7.48. The van der Waals surface area contributed by atoms with Crippen molar-refractivity contribution in [2.75, 3.05) is 26.8 Å². The van der Waals surface area contributed by atoms with E-state index in [-0.39, 0.29) is 0 Å². The van der Waals surface area contributed by atoms with Crippen molar-refractivity contribution in [3.05, 3.63) is 39.9 Å². The third-order valence-corrected chi connectivity index (χ3v) is 4.69. The zero-order chi connectivity index (χ0) is 14.9. The Morgan fingerprint density at radius 1 is 1.24 bits per heavy atom. The average Bonchev–Trinajstić information content (AvgIpc) is 2.53. The zero-order valence-electron chi connectivity index (χ0n) is 12.9. The van der Waals surface area contributed by atoms with Crippen LogP contribution in [0.4, 0.5) is 0 Å². The van der Waals surface area contributed by atoms with Crippen molar-refractivity contribution in [1.82, 2.24) is 5.32 Å². The van der Waals surface area contributed by atoms with Crippen LogP contribution >= 0.6 is 15.9 Å². The van der Waals surface area contributed by atoms with E-state index in [2.05, 4.69) is 51.6 Å². The minimum absolute atomic E-state index is 0.748. The van der Waals surface area contributed by atoms with Crippen molar-refractivity contribution in [3.63, 3.8) is 0 Å². The summed E-state index contributed by atoms with van der Waals surface area (Å²) < 4.78 is 6.25. The molecule has 2 rings (SSSR count). The Morgan fingerprint density at radius 3 is 2.62 bits per heavy atom. The zero-order valence-corrected chi connectivity index (χ0v) is 14.5. The lowest BCUT2D eigenvalue weighted by Crippen LogP contribution is -2.25. The highest BCUT2D eigenvalue weighted by Gasteiger charge is 2.17. The smallest absolute Gasteiger partial charge is 0.0587 e. The molecule has 116 valence electrons. The molecule has 1 N–H and O–H groups in total. The molecule has 0 unspecified atom stereocenters. The van der Waals surface area contributed by atoms with Crippen molar-refractivity contribution < 1.29 is 4.74 Å². The fraction of sp³-hybridized carbons (Fsp3) is 0.556. The molecule has 0 aliphatic heterocycles. The number of rotatable bonds is 7. The van der Waals surface area contributed by atoms with Crippen LogP contribution in [0.5, 0.6) is 0 Å². The second-order valence-corrected chi connectivity index (χ2v) is 6.69. The monoisotopic (exact) mass is 351 g/mol. The van der Waals surface area contributed by atoms with Gasteiger partial charge in [-0.3, -0.25) is 0 Å². The molecule has 0 aromatic heterocycles. The van der Waals surface area contributed by atoms with Crippen molar-refractivity contribution in [3.8, 4) is 0 Å². The van der Waals surface area contributed by atoms with Crippen LogP contribution in [0.15, 0.2) is 34.3 Å². The van der Waals surface area contributed by atoms with Crippen LogP contribution in [0.25, 0.3) is 6.08 Å². The predicted octanol–water partition coefficient (Wildman–Crippen LogP) is 4.65. The quantitative estimate of drug-likeness (QED) is 0.722. The van der Waals surface area contributed by atoms with Gasteiger partial charge >= 0.3 is 0 Å². The van der Waals surface area contributed by atoms with E-state index >= 15 is 0 Å². The molecule has 0 atom stereocenters. The van der Waals surface area contributed by atoms with Gasteiger partial charge in [0.25, 0.3) is 0 Å². The van der Waals surface area contributed by atoms with Crippen molar-refractivity contribution >= 4 is 22.0 Å². The van der Waals surface area contributed by atoms with Crippen LogP contribution in [-0.2, 0) is 4.74 Å². The Balaban J connectivity index is 2.04. The van der Waals surface area contributed by atoms with Crippen LogP contribution < -0.4 is 5.32 Å². The lowest BCUT2D eigenvalue weighted by molar-refractivity contribution is 0.200. The molecule has 1 aromatic rings. The number of hydrogen-bond acceptors (Lipinski definition) is 2. The van der Waals surface area contributed by atoms with Crippen LogP contribution in [-0.4, -0.2) is 26.8 Å². The average molecular weight is 352 g/mol. The summed E-state index contributed by atoms with van der Waals surface area (Å²) in [6.07, 6.45) is 9.21.